The molecule has 0 amide bonds. The molecule has 0 heterocycles. The van der Waals surface area contributed by atoms with Crippen molar-refractivity contribution in [2.45, 2.75) is 6.61 Å². The second-order valence-corrected chi connectivity index (χ2v) is 5.64. The Morgan fingerprint density at radius 3 is 2.57 bits per heavy atom. The van der Waals surface area contributed by atoms with E-state index in [1.165, 1.54) is 6.21 Å². The lowest BCUT2D eigenvalue weighted by molar-refractivity contribution is 0.306. The van der Waals surface area contributed by atoms with Crippen molar-refractivity contribution in [1.29, 1.82) is 0 Å². The SMILES string of the molecule is NC(N)=N/N=C/c1cccc(OCc2c(Cl)ccc(Cl)c2Cl)c1. The van der Waals surface area contributed by atoms with Crippen LogP contribution >= 0.6 is 34.8 Å². The normalized spacial score (nSPS) is 10.7. The van der Waals surface area contributed by atoms with Gasteiger partial charge in [-0.2, -0.15) is 5.10 Å². The molecule has 0 bridgehead atoms. The van der Waals surface area contributed by atoms with E-state index in [0.717, 1.165) is 5.56 Å². The second-order valence-electron chi connectivity index (χ2n) is 4.45. The van der Waals surface area contributed by atoms with Crippen LogP contribution in [0.2, 0.25) is 15.1 Å². The van der Waals surface area contributed by atoms with Gasteiger partial charge in [-0.15, -0.1) is 5.10 Å². The number of hydrogen-bond donors (Lipinski definition) is 2. The summed E-state index contributed by atoms with van der Waals surface area (Å²) >= 11 is 18.2. The summed E-state index contributed by atoms with van der Waals surface area (Å²) in [6, 6.07) is 10.5. The zero-order chi connectivity index (χ0) is 16.8. The van der Waals surface area contributed by atoms with E-state index in [-0.39, 0.29) is 12.6 Å². The first-order valence-corrected chi connectivity index (χ1v) is 7.58. The van der Waals surface area contributed by atoms with E-state index in [0.29, 0.717) is 26.4 Å². The van der Waals surface area contributed by atoms with Crippen LogP contribution in [0.3, 0.4) is 0 Å². The van der Waals surface area contributed by atoms with Gasteiger partial charge in [0.2, 0.25) is 5.96 Å². The van der Waals surface area contributed by atoms with E-state index in [2.05, 4.69) is 10.2 Å². The molecule has 0 aliphatic heterocycles. The fourth-order valence-corrected chi connectivity index (χ4v) is 2.36. The van der Waals surface area contributed by atoms with Crippen LogP contribution in [0, 0.1) is 0 Å². The molecule has 2 aromatic rings. The van der Waals surface area contributed by atoms with Gasteiger partial charge in [-0.1, -0.05) is 46.9 Å². The topological polar surface area (TPSA) is 86.0 Å². The minimum atomic E-state index is -0.112. The molecule has 0 fully saturated rings. The Kier molecular flexibility index (Phi) is 6.10. The molecule has 0 radical (unpaired) electrons. The van der Waals surface area contributed by atoms with Crippen molar-refractivity contribution in [3.8, 4) is 5.75 Å². The molecule has 2 aromatic carbocycles. The van der Waals surface area contributed by atoms with Crippen molar-refractivity contribution < 1.29 is 4.74 Å². The highest BCUT2D eigenvalue weighted by atomic mass is 35.5. The van der Waals surface area contributed by atoms with Crippen molar-refractivity contribution in [2.24, 2.45) is 21.7 Å². The van der Waals surface area contributed by atoms with Crippen LogP contribution in [-0.4, -0.2) is 12.2 Å². The van der Waals surface area contributed by atoms with Crippen molar-refractivity contribution in [3.63, 3.8) is 0 Å². The quantitative estimate of drug-likeness (QED) is 0.362. The summed E-state index contributed by atoms with van der Waals surface area (Å²) in [5.41, 5.74) is 11.8. The zero-order valence-electron chi connectivity index (χ0n) is 11.8. The lowest BCUT2D eigenvalue weighted by Crippen LogP contribution is -2.21. The predicted molar refractivity (Wildman–Crippen MR) is 95.6 cm³/mol. The molecular weight excluding hydrogens is 359 g/mol. The number of halogens is 3. The summed E-state index contributed by atoms with van der Waals surface area (Å²) in [6.07, 6.45) is 1.51. The average molecular weight is 372 g/mol. The summed E-state index contributed by atoms with van der Waals surface area (Å²) < 4.78 is 5.70. The van der Waals surface area contributed by atoms with Gasteiger partial charge >= 0.3 is 0 Å². The number of nitrogens with zero attached hydrogens (tertiary/aromatic N) is 2. The Balaban J connectivity index is 2.11. The molecule has 0 saturated heterocycles. The minimum absolute atomic E-state index is 0.112. The van der Waals surface area contributed by atoms with E-state index in [9.17, 15) is 0 Å². The average Bonchev–Trinajstić information content (AvgIpc) is 2.51. The summed E-state index contributed by atoms with van der Waals surface area (Å²) in [4.78, 5) is 0. The van der Waals surface area contributed by atoms with E-state index in [1.54, 1.807) is 24.3 Å². The third kappa shape index (κ3) is 5.03. The van der Waals surface area contributed by atoms with Gasteiger partial charge in [-0.25, -0.2) is 0 Å². The molecule has 4 N–H and O–H groups in total. The summed E-state index contributed by atoms with van der Waals surface area (Å²) in [5.74, 6) is 0.504. The van der Waals surface area contributed by atoms with Gasteiger partial charge in [0.05, 0.1) is 16.3 Å². The monoisotopic (exact) mass is 370 g/mol. The highest BCUT2D eigenvalue weighted by molar-refractivity contribution is 6.44. The third-order valence-corrected chi connectivity index (χ3v) is 3.96. The van der Waals surface area contributed by atoms with Gasteiger partial charge in [0, 0.05) is 10.6 Å². The minimum Gasteiger partial charge on any atom is -0.489 e. The molecule has 0 spiro atoms. The molecule has 0 atom stereocenters. The smallest absolute Gasteiger partial charge is 0.211 e. The van der Waals surface area contributed by atoms with E-state index < -0.39 is 0 Å². The van der Waals surface area contributed by atoms with Crippen LogP contribution in [-0.2, 0) is 6.61 Å². The first kappa shape index (κ1) is 17.4. The number of ether oxygens (including phenoxy) is 1. The number of rotatable bonds is 5. The molecule has 0 saturated carbocycles. The molecule has 0 unspecified atom stereocenters. The predicted octanol–water partition coefficient (Wildman–Crippen LogP) is 3.83. The number of nitrogens with two attached hydrogens (primary N) is 2. The Bertz CT molecular complexity index is 758. The maximum atomic E-state index is 6.14. The van der Waals surface area contributed by atoms with Crippen LogP contribution in [0.1, 0.15) is 11.1 Å². The van der Waals surface area contributed by atoms with E-state index in [1.807, 2.05) is 12.1 Å². The van der Waals surface area contributed by atoms with Crippen molar-refractivity contribution in [2.75, 3.05) is 0 Å². The van der Waals surface area contributed by atoms with Gasteiger partial charge in [0.25, 0.3) is 0 Å². The zero-order valence-corrected chi connectivity index (χ0v) is 14.1. The maximum absolute atomic E-state index is 6.14. The van der Waals surface area contributed by atoms with E-state index >= 15 is 0 Å². The van der Waals surface area contributed by atoms with Gasteiger partial charge < -0.3 is 16.2 Å². The second kappa shape index (κ2) is 8.06. The fourth-order valence-electron chi connectivity index (χ4n) is 1.70. The highest BCUT2D eigenvalue weighted by Crippen LogP contribution is 2.32. The van der Waals surface area contributed by atoms with Crippen LogP contribution in [0.5, 0.6) is 5.75 Å². The number of benzene rings is 2. The molecule has 2 rings (SSSR count). The van der Waals surface area contributed by atoms with Crippen LogP contribution in [0.25, 0.3) is 0 Å². The van der Waals surface area contributed by atoms with Crippen molar-refractivity contribution in [1.82, 2.24) is 0 Å². The molecular formula is C15H13Cl3N4O. The largest absolute Gasteiger partial charge is 0.489 e. The van der Waals surface area contributed by atoms with Gasteiger partial charge in [0.15, 0.2) is 0 Å². The summed E-state index contributed by atoms with van der Waals surface area (Å²) in [7, 11) is 0. The Hall–Kier alpha value is -1.95. The van der Waals surface area contributed by atoms with Crippen molar-refractivity contribution in [3.05, 3.63) is 62.6 Å². The number of hydrogen-bond acceptors (Lipinski definition) is 3. The molecule has 0 aliphatic rings. The Morgan fingerprint density at radius 1 is 1.09 bits per heavy atom. The number of guanidine groups is 1. The molecule has 5 nitrogen and oxygen atoms in total. The molecule has 8 heteroatoms. The molecule has 23 heavy (non-hydrogen) atoms. The fraction of sp³-hybridized carbons (Fsp3) is 0.0667. The Morgan fingerprint density at radius 2 is 1.83 bits per heavy atom. The third-order valence-electron chi connectivity index (χ3n) is 2.76. The van der Waals surface area contributed by atoms with Gasteiger partial charge in [-0.05, 0) is 29.8 Å². The van der Waals surface area contributed by atoms with Crippen LogP contribution in [0.15, 0.2) is 46.6 Å². The maximum Gasteiger partial charge on any atom is 0.211 e. The lowest BCUT2D eigenvalue weighted by Gasteiger charge is -2.10. The Labute approximate surface area is 148 Å². The van der Waals surface area contributed by atoms with Gasteiger partial charge in [0.1, 0.15) is 12.4 Å². The van der Waals surface area contributed by atoms with Crippen LogP contribution < -0.4 is 16.2 Å². The highest BCUT2D eigenvalue weighted by Gasteiger charge is 2.10. The summed E-state index contributed by atoms with van der Waals surface area (Å²) in [5, 5.41) is 8.56. The molecule has 0 aromatic heterocycles. The van der Waals surface area contributed by atoms with Crippen molar-refractivity contribution >= 4 is 47.0 Å². The first-order valence-electron chi connectivity index (χ1n) is 6.44. The first-order chi connectivity index (χ1) is 11.0. The van der Waals surface area contributed by atoms with Gasteiger partial charge in [-0.3, -0.25) is 0 Å². The van der Waals surface area contributed by atoms with E-state index in [4.69, 9.17) is 51.0 Å². The lowest BCUT2D eigenvalue weighted by atomic mass is 10.2. The molecule has 0 aliphatic carbocycles. The standard InChI is InChI=1S/C15H13Cl3N4O/c16-12-4-5-13(17)14(18)11(12)8-23-10-3-1-2-9(6-10)7-21-22-15(19)20/h1-7H,8H2,(H4,19,20,22)/b21-7+. The summed E-state index contributed by atoms with van der Waals surface area (Å²) in [6.45, 7) is 0.187. The van der Waals surface area contributed by atoms with Crippen LogP contribution in [0.4, 0.5) is 0 Å². The molecule has 120 valence electrons.